The van der Waals surface area contributed by atoms with Gasteiger partial charge in [0.1, 0.15) is 0 Å². The Morgan fingerprint density at radius 3 is 2.87 bits per heavy atom. The van der Waals surface area contributed by atoms with Crippen LogP contribution in [0.3, 0.4) is 0 Å². The average Bonchev–Trinajstić information content (AvgIpc) is 2.69. The second kappa shape index (κ2) is 6.64. The minimum absolute atomic E-state index is 0.0256. The Morgan fingerprint density at radius 1 is 1.26 bits per heavy atom. The summed E-state index contributed by atoms with van der Waals surface area (Å²) in [4.78, 5) is 25.1. The number of nitrogens with one attached hydrogen (secondary N) is 2. The van der Waals surface area contributed by atoms with Gasteiger partial charge in [0.25, 0.3) is 5.91 Å². The van der Waals surface area contributed by atoms with Crippen LogP contribution in [0.1, 0.15) is 22.3 Å². The largest absolute Gasteiger partial charge is 0.325 e. The van der Waals surface area contributed by atoms with E-state index >= 15 is 0 Å². The molecule has 0 unspecified atom stereocenters. The maximum Gasteiger partial charge on any atom is 0.255 e. The first-order valence-electron chi connectivity index (χ1n) is 7.17. The van der Waals surface area contributed by atoms with E-state index in [1.165, 1.54) is 0 Å². The molecule has 2 amide bonds. The molecule has 2 aromatic carbocycles. The molecular weight excluding hydrogens is 332 g/mol. The van der Waals surface area contributed by atoms with Crippen molar-refractivity contribution in [1.29, 1.82) is 0 Å². The molecule has 2 aromatic rings. The zero-order chi connectivity index (χ0) is 16.4. The Labute approximate surface area is 143 Å². The number of hydrogen-bond acceptors (Lipinski definition) is 3. The number of aryl methyl sites for hydroxylation is 1. The van der Waals surface area contributed by atoms with Gasteiger partial charge in [-0.1, -0.05) is 11.6 Å². The molecule has 1 aliphatic rings. The summed E-state index contributed by atoms with van der Waals surface area (Å²) in [6, 6.07) is 10.7. The quantitative estimate of drug-likeness (QED) is 0.850. The highest BCUT2D eigenvalue weighted by Crippen LogP contribution is 2.31. The SMILES string of the molecule is Cc1cc(Cl)ccc1NC(=O)c1ccc2c(c1)NC(=O)CCS2. The van der Waals surface area contributed by atoms with Gasteiger partial charge in [-0.05, 0) is 48.9 Å². The van der Waals surface area contributed by atoms with E-state index < -0.39 is 0 Å². The van der Waals surface area contributed by atoms with Gasteiger partial charge in [-0.15, -0.1) is 11.8 Å². The van der Waals surface area contributed by atoms with E-state index in [2.05, 4.69) is 10.6 Å². The molecule has 1 heterocycles. The maximum absolute atomic E-state index is 12.4. The fourth-order valence-electron chi connectivity index (χ4n) is 2.32. The molecule has 0 saturated heterocycles. The Hall–Kier alpha value is -1.98. The summed E-state index contributed by atoms with van der Waals surface area (Å²) >= 11 is 7.54. The van der Waals surface area contributed by atoms with Crippen molar-refractivity contribution in [2.24, 2.45) is 0 Å². The fraction of sp³-hybridized carbons (Fsp3) is 0.176. The third-order valence-electron chi connectivity index (χ3n) is 3.54. The smallest absolute Gasteiger partial charge is 0.255 e. The van der Waals surface area contributed by atoms with E-state index in [4.69, 9.17) is 11.6 Å². The number of fused-ring (bicyclic) bond motifs is 1. The second-order valence-corrected chi connectivity index (χ2v) is 6.84. The van der Waals surface area contributed by atoms with Gasteiger partial charge in [0, 0.05) is 33.3 Å². The highest BCUT2D eigenvalue weighted by Gasteiger charge is 2.16. The minimum atomic E-state index is -0.221. The topological polar surface area (TPSA) is 58.2 Å². The van der Waals surface area contributed by atoms with Crippen LogP contribution >= 0.6 is 23.4 Å². The molecule has 2 N–H and O–H groups in total. The summed E-state index contributed by atoms with van der Waals surface area (Å²) in [5, 5.41) is 6.34. The van der Waals surface area contributed by atoms with Crippen molar-refractivity contribution in [2.75, 3.05) is 16.4 Å². The molecule has 0 saturated carbocycles. The molecule has 0 bridgehead atoms. The number of halogens is 1. The molecule has 1 aliphatic heterocycles. The van der Waals surface area contributed by atoms with Crippen LogP contribution in [0.5, 0.6) is 0 Å². The Balaban J connectivity index is 1.84. The molecule has 0 radical (unpaired) electrons. The van der Waals surface area contributed by atoms with E-state index in [0.717, 1.165) is 16.2 Å². The number of anilines is 2. The van der Waals surface area contributed by atoms with Crippen LogP contribution < -0.4 is 10.6 Å². The summed E-state index contributed by atoms with van der Waals surface area (Å²) in [6.07, 6.45) is 0.477. The van der Waals surface area contributed by atoms with Crippen molar-refractivity contribution in [3.63, 3.8) is 0 Å². The summed E-state index contributed by atoms with van der Waals surface area (Å²) in [6.45, 7) is 1.88. The Morgan fingerprint density at radius 2 is 2.09 bits per heavy atom. The number of rotatable bonds is 2. The molecule has 3 rings (SSSR count). The third kappa shape index (κ3) is 3.68. The van der Waals surface area contributed by atoms with Crippen molar-refractivity contribution < 1.29 is 9.59 Å². The molecule has 0 aromatic heterocycles. The van der Waals surface area contributed by atoms with Gasteiger partial charge in [0.05, 0.1) is 5.69 Å². The number of carbonyl (C=O) groups excluding carboxylic acids is 2. The van der Waals surface area contributed by atoms with Crippen molar-refractivity contribution in [1.82, 2.24) is 0 Å². The molecule has 6 heteroatoms. The van der Waals surface area contributed by atoms with Crippen LogP contribution in [0.15, 0.2) is 41.3 Å². The van der Waals surface area contributed by atoms with Crippen molar-refractivity contribution in [3.05, 3.63) is 52.5 Å². The predicted octanol–water partition coefficient (Wildman–Crippen LogP) is 4.34. The van der Waals surface area contributed by atoms with Crippen molar-refractivity contribution in [3.8, 4) is 0 Å². The van der Waals surface area contributed by atoms with E-state index in [0.29, 0.717) is 28.4 Å². The Kier molecular flexibility index (Phi) is 4.59. The first-order chi connectivity index (χ1) is 11.0. The highest BCUT2D eigenvalue weighted by molar-refractivity contribution is 7.99. The van der Waals surface area contributed by atoms with Crippen molar-refractivity contribution in [2.45, 2.75) is 18.2 Å². The van der Waals surface area contributed by atoms with Gasteiger partial charge in [0.15, 0.2) is 0 Å². The Bertz CT molecular complexity index is 792. The van der Waals surface area contributed by atoms with Crippen LogP contribution in [0.2, 0.25) is 5.02 Å². The van der Waals surface area contributed by atoms with Crippen LogP contribution in [-0.2, 0) is 4.79 Å². The normalized spacial score (nSPS) is 13.7. The summed E-state index contributed by atoms with van der Waals surface area (Å²) in [5.74, 6) is 0.498. The standard InChI is InChI=1S/C17H15ClN2O2S/c1-10-8-12(18)3-4-13(10)20-17(22)11-2-5-15-14(9-11)19-16(21)6-7-23-15/h2-5,8-9H,6-7H2,1H3,(H,19,21)(H,20,22). The van der Waals surface area contributed by atoms with Crippen LogP contribution in [0.25, 0.3) is 0 Å². The van der Waals surface area contributed by atoms with E-state index in [-0.39, 0.29) is 11.8 Å². The van der Waals surface area contributed by atoms with E-state index in [1.807, 2.05) is 13.0 Å². The predicted molar refractivity (Wildman–Crippen MR) is 94.6 cm³/mol. The fourth-order valence-corrected chi connectivity index (χ4v) is 3.49. The molecule has 0 atom stereocenters. The lowest BCUT2D eigenvalue weighted by molar-refractivity contribution is -0.115. The van der Waals surface area contributed by atoms with E-state index in [9.17, 15) is 9.59 Å². The second-order valence-electron chi connectivity index (χ2n) is 5.27. The van der Waals surface area contributed by atoms with Crippen LogP contribution in [-0.4, -0.2) is 17.6 Å². The first kappa shape index (κ1) is 15.9. The number of benzene rings is 2. The highest BCUT2D eigenvalue weighted by atomic mass is 35.5. The van der Waals surface area contributed by atoms with Gasteiger partial charge >= 0.3 is 0 Å². The van der Waals surface area contributed by atoms with Gasteiger partial charge in [-0.25, -0.2) is 0 Å². The van der Waals surface area contributed by atoms with Crippen LogP contribution in [0, 0.1) is 6.92 Å². The van der Waals surface area contributed by atoms with Gasteiger partial charge in [0.2, 0.25) is 5.91 Å². The molecule has 0 spiro atoms. The number of hydrogen-bond donors (Lipinski definition) is 2. The lowest BCUT2D eigenvalue weighted by Crippen LogP contribution is -2.14. The van der Waals surface area contributed by atoms with Gasteiger partial charge in [-0.3, -0.25) is 9.59 Å². The van der Waals surface area contributed by atoms with Crippen LogP contribution in [0.4, 0.5) is 11.4 Å². The number of carbonyl (C=O) groups is 2. The van der Waals surface area contributed by atoms with E-state index in [1.54, 1.807) is 42.1 Å². The molecular formula is C17H15ClN2O2S. The zero-order valence-electron chi connectivity index (χ0n) is 12.5. The summed E-state index contributed by atoms with van der Waals surface area (Å²) in [5.41, 5.74) is 2.80. The first-order valence-corrected chi connectivity index (χ1v) is 8.53. The maximum atomic E-state index is 12.4. The summed E-state index contributed by atoms with van der Waals surface area (Å²) in [7, 11) is 0. The zero-order valence-corrected chi connectivity index (χ0v) is 14.1. The molecule has 118 valence electrons. The third-order valence-corrected chi connectivity index (χ3v) is 4.85. The lowest BCUT2D eigenvalue weighted by Gasteiger charge is -2.11. The number of amides is 2. The van der Waals surface area contributed by atoms with Crippen molar-refractivity contribution >= 4 is 46.6 Å². The van der Waals surface area contributed by atoms with Gasteiger partial charge < -0.3 is 10.6 Å². The molecule has 4 nitrogen and oxygen atoms in total. The molecule has 23 heavy (non-hydrogen) atoms. The monoisotopic (exact) mass is 346 g/mol. The minimum Gasteiger partial charge on any atom is -0.325 e. The van der Waals surface area contributed by atoms with Gasteiger partial charge in [-0.2, -0.15) is 0 Å². The lowest BCUT2D eigenvalue weighted by atomic mass is 10.1. The number of thioether (sulfide) groups is 1. The molecule has 0 aliphatic carbocycles. The summed E-state index contributed by atoms with van der Waals surface area (Å²) < 4.78 is 0. The average molecular weight is 347 g/mol. The molecule has 0 fully saturated rings.